The van der Waals surface area contributed by atoms with Crippen LogP contribution in [0, 0.1) is 0 Å². The van der Waals surface area contributed by atoms with Gasteiger partial charge in [0.05, 0.1) is 57.9 Å². The molecule has 6 saturated heterocycles. The maximum atomic E-state index is 13.5. The molecule has 34 heteroatoms. The van der Waals surface area contributed by atoms with Gasteiger partial charge in [-0.1, -0.05) is 180 Å². The van der Waals surface area contributed by atoms with E-state index in [1.54, 1.807) is 6.08 Å². The number of carbonyl (C=O) groups excluding carboxylic acids is 2. The van der Waals surface area contributed by atoms with Crippen molar-refractivity contribution in [2.75, 3.05) is 39.6 Å². The maximum Gasteiger partial charge on any atom is 0.220 e. The fraction of sp³-hybridized carbons (Fsp3) is 0.946. The number of hydrogen-bond donors (Lipinski definition) is 20. The lowest BCUT2D eigenvalue weighted by Gasteiger charge is -2.51. The molecule has 6 fully saturated rings. The molecular weight excluding hydrogens is 1430 g/mol. The monoisotopic (exact) mass is 1560 g/mol. The summed E-state index contributed by atoms with van der Waals surface area (Å²) in [5.74, 6) is -1.22. The predicted molar refractivity (Wildman–Crippen MR) is 381 cm³/mol. The highest BCUT2D eigenvalue weighted by Gasteiger charge is 2.59. The number of aliphatic hydroxyl groups excluding tert-OH is 18. The summed E-state index contributed by atoms with van der Waals surface area (Å²) < 4.78 is 71.5. The number of nitrogens with one attached hydrogen (secondary N) is 2. The molecule has 0 aromatic rings. The number of rotatable bonds is 50. The van der Waals surface area contributed by atoms with E-state index in [2.05, 4.69) is 24.5 Å². The zero-order chi connectivity index (χ0) is 79.0. The maximum absolute atomic E-state index is 13.5. The molecule has 6 aliphatic heterocycles. The van der Waals surface area contributed by atoms with E-state index < -0.39 is 242 Å². The Morgan fingerprint density at radius 3 is 1.27 bits per heavy atom. The normalized spacial score (nSPS) is 38.2. The highest BCUT2D eigenvalue weighted by atomic mass is 16.8. The SMILES string of the molecule is CCCCCCCCCCCCC/C=C/[C@@H](O)[C@H](CO[C@@H]1OC(CO)[C@@H](O[C@@H]2OC(CO)[C@H](O)[C@H](O[C@@H]3OC(CO)[C@@H](O[C@@H]4OC(CO)[C@H](O)[C@H](O[C@H]5OC(CO)[C@H](O)[C@H](O)C5O)C4O[C@H]4OC(C)[C@@H](O)C(O)[C@@H]4O)[C@H](O)C3NC(C)=O)C2O)[C@H](O)C1O)NC(=O)CCCCCCCCCCCCCCCCC. The Hall–Kier alpha value is -2.52. The Kier molecular flexibility index (Phi) is 43.7. The van der Waals surface area contributed by atoms with E-state index in [9.17, 15) is 102 Å². The van der Waals surface area contributed by atoms with Gasteiger partial charge in [0.2, 0.25) is 11.8 Å². The van der Waals surface area contributed by atoms with Crippen molar-refractivity contribution in [1.29, 1.82) is 0 Å². The third-order valence-electron chi connectivity index (χ3n) is 21.3. The molecule has 108 heavy (non-hydrogen) atoms. The van der Waals surface area contributed by atoms with Crippen LogP contribution in [0.1, 0.15) is 207 Å². The minimum Gasteiger partial charge on any atom is -0.394 e. The number of unbranched alkanes of at least 4 members (excludes halogenated alkanes) is 25. The zero-order valence-corrected chi connectivity index (χ0v) is 63.4. The molecule has 0 aromatic carbocycles. The van der Waals surface area contributed by atoms with Crippen molar-refractivity contribution in [2.24, 2.45) is 0 Å². The highest BCUT2D eigenvalue weighted by Crippen LogP contribution is 2.39. The third kappa shape index (κ3) is 28.2. The second kappa shape index (κ2) is 50.1. The van der Waals surface area contributed by atoms with Gasteiger partial charge >= 0.3 is 0 Å². The molecule has 12 unspecified atom stereocenters. The Bertz CT molecular complexity index is 2450. The van der Waals surface area contributed by atoms with E-state index in [1.807, 2.05) is 6.08 Å². The lowest BCUT2D eigenvalue weighted by molar-refractivity contribution is -0.405. The van der Waals surface area contributed by atoms with E-state index in [0.29, 0.717) is 12.8 Å². The van der Waals surface area contributed by atoms with E-state index >= 15 is 0 Å². The molecule has 6 heterocycles. The minimum absolute atomic E-state index is 0.176. The fourth-order valence-electron chi connectivity index (χ4n) is 14.6. The zero-order valence-electron chi connectivity index (χ0n) is 63.4. The van der Waals surface area contributed by atoms with Crippen LogP contribution in [0.3, 0.4) is 0 Å². The van der Waals surface area contributed by atoms with Crippen molar-refractivity contribution in [2.45, 2.75) is 404 Å². The Morgan fingerprint density at radius 1 is 0.380 bits per heavy atom. The predicted octanol–water partition coefficient (Wildman–Crippen LogP) is -1.54. The number of allylic oxidation sites excluding steroid dienone is 1. The van der Waals surface area contributed by atoms with Gasteiger partial charge in [-0.25, -0.2) is 0 Å². The van der Waals surface area contributed by atoms with Gasteiger partial charge in [0.15, 0.2) is 37.7 Å². The summed E-state index contributed by atoms with van der Waals surface area (Å²) in [6, 6.07) is -2.94. The summed E-state index contributed by atoms with van der Waals surface area (Å²) in [6.45, 7) is 1.26. The molecule has 32 atom stereocenters. The largest absolute Gasteiger partial charge is 0.394 e. The first-order valence-corrected chi connectivity index (χ1v) is 39.8. The number of aliphatic hydroxyl groups is 18. The van der Waals surface area contributed by atoms with Gasteiger partial charge in [-0.3, -0.25) is 9.59 Å². The van der Waals surface area contributed by atoms with Gasteiger partial charge in [0.25, 0.3) is 0 Å². The Labute approximate surface area is 634 Å². The number of amides is 2. The summed E-state index contributed by atoms with van der Waals surface area (Å²) in [7, 11) is 0. The average Bonchev–Trinajstić information content (AvgIpc) is 0.764. The summed E-state index contributed by atoms with van der Waals surface area (Å²) in [5.41, 5.74) is 0. The molecule has 0 radical (unpaired) electrons. The molecule has 0 spiro atoms. The van der Waals surface area contributed by atoms with Crippen LogP contribution in [0.2, 0.25) is 0 Å². The van der Waals surface area contributed by atoms with Crippen LogP contribution >= 0.6 is 0 Å². The molecule has 34 nitrogen and oxygen atoms in total. The van der Waals surface area contributed by atoms with Crippen molar-refractivity contribution >= 4 is 11.8 Å². The van der Waals surface area contributed by atoms with Crippen molar-refractivity contribution < 1.29 is 158 Å². The summed E-state index contributed by atoms with van der Waals surface area (Å²) in [5, 5.41) is 205. The Morgan fingerprint density at radius 2 is 0.759 bits per heavy atom. The Balaban J connectivity index is 1.12. The van der Waals surface area contributed by atoms with Gasteiger partial charge in [0.1, 0.15) is 140 Å². The molecule has 0 aromatic heterocycles. The smallest absolute Gasteiger partial charge is 0.220 e. The standard InChI is InChI=1S/C74H134N2O32/c1-5-7-9-11-13-15-17-19-20-22-24-26-28-30-32-34-50(84)76-43(44(83)33-31-29-27-25-23-21-18-16-14-12-10-8-6-2)40-97-70-62(95)59(92)65(49(39-81)103-70)104-73-63(96)66(54(87)46(36-78)100-73)106-69-51(75-42(4)82)56(89)64(48(38-80)102-69)105-74-68(108-71-60(93)57(90)52(85)41(3)98-71)67(55(88)47(37-79)101-74)107-72-61(94)58(91)53(86)45(35-77)99-72/h31,33,41,43-49,51-74,77-81,83,85-96H,5-30,32,34-40H2,1-4H3,(H,75,82)(H,76,84)/b33-31+/t41?,43-,44+,45?,46?,47?,48?,49?,51?,52+,53-,54-,55-,56+,57?,58-,59+,60-,61?,62?,63?,64+,65+,66-,67-,68?,69-,70+,71+,72+,73-,74-/m0/s1. The van der Waals surface area contributed by atoms with Crippen LogP contribution in [0.4, 0.5) is 0 Å². The van der Waals surface area contributed by atoms with Crippen molar-refractivity contribution in [1.82, 2.24) is 10.6 Å². The summed E-state index contributed by atoms with van der Waals surface area (Å²) >= 11 is 0. The molecule has 20 N–H and O–H groups in total. The van der Waals surface area contributed by atoms with Gasteiger partial charge < -0.3 is 159 Å². The first kappa shape index (κ1) is 94.3. The molecule has 0 bridgehead atoms. The topological polar surface area (TPSA) is 533 Å². The second-order valence-electron chi connectivity index (χ2n) is 29.9. The minimum atomic E-state index is -2.21. The quantitative estimate of drug-likeness (QED) is 0.0242. The van der Waals surface area contributed by atoms with Crippen LogP contribution in [0.15, 0.2) is 12.2 Å². The van der Waals surface area contributed by atoms with Gasteiger partial charge in [-0.2, -0.15) is 0 Å². The van der Waals surface area contributed by atoms with Gasteiger partial charge in [0, 0.05) is 13.3 Å². The van der Waals surface area contributed by atoms with E-state index in [0.717, 1.165) is 58.3 Å². The third-order valence-corrected chi connectivity index (χ3v) is 21.3. The van der Waals surface area contributed by atoms with Crippen LogP contribution in [-0.4, -0.2) is 340 Å². The van der Waals surface area contributed by atoms with Crippen LogP contribution in [0.5, 0.6) is 0 Å². The number of ether oxygens (including phenoxy) is 12. The molecule has 6 rings (SSSR count). The highest BCUT2D eigenvalue weighted by molar-refractivity contribution is 5.76. The molecule has 0 saturated carbocycles. The fourth-order valence-corrected chi connectivity index (χ4v) is 14.6. The lowest BCUT2D eigenvalue weighted by Crippen LogP contribution is -2.70. The van der Waals surface area contributed by atoms with Crippen molar-refractivity contribution in [3.8, 4) is 0 Å². The van der Waals surface area contributed by atoms with E-state index in [-0.39, 0.29) is 12.3 Å². The number of carbonyl (C=O) groups is 2. The summed E-state index contributed by atoms with van der Waals surface area (Å²) in [6.07, 6.45) is -22.5. The molecule has 0 aliphatic carbocycles. The van der Waals surface area contributed by atoms with Gasteiger partial charge in [-0.15, -0.1) is 0 Å². The van der Waals surface area contributed by atoms with E-state index in [4.69, 9.17) is 56.8 Å². The van der Waals surface area contributed by atoms with Crippen molar-refractivity contribution in [3.63, 3.8) is 0 Å². The molecule has 6 aliphatic rings. The van der Waals surface area contributed by atoms with Gasteiger partial charge in [-0.05, 0) is 26.2 Å². The van der Waals surface area contributed by atoms with Crippen molar-refractivity contribution in [3.05, 3.63) is 12.2 Å². The first-order valence-electron chi connectivity index (χ1n) is 39.8. The first-order chi connectivity index (χ1) is 51.9. The van der Waals surface area contributed by atoms with E-state index in [1.165, 1.54) is 116 Å². The second-order valence-corrected chi connectivity index (χ2v) is 29.9. The molecule has 2 amide bonds. The van der Waals surface area contributed by atoms with Crippen LogP contribution in [0.25, 0.3) is 0 Å². The average molecular weight is 1560 g/mol. The molecular formula is C74H134N2O32. The van der Waals surface area contributed by atoms with Crippen LogP contribution < -0.4 is 10.6 Å². The lowest BCUT2D eigenvalue weighted by atomic mass is 9.94. The van der Waals surface area contributed by atoms with Crippen LogP contribution in [-0.2, 0) is 66.4 Å². The number of hydrogen-bond acceptors (Lipinski definition) is 32. The molecule has 632 valence electrons. The summed E-state index contributed by atoms with van der Waals surface area (Å²) in [4.78, 5) is 26.6.